The van der Waals surface area contributed by atoms with Gasteiger partial charge in [-0.2, -0.15) is 0 Å². The fourth-order valence-corrected chi connectivity index (χ4v) is 3.28. The molecular formula is C23H22ClNO2. The molecule has 0 radical (unpaired) electrons. The lowest BCUT2D eigenvalue weighted by molar-refractivity contribution is -0.119. The SMILES string of the molecule is C/C(=C1/C(=O)NC(c2ccc(Cl)cc2)=C1C(=O)C(C)C)c1ccc(C)cc1. The van der Waals surface area contributed by atoms with Crippen LogP contribution in [0.5, 0.6) is 0 Å². The third kappa shape index (κ3) is 3.74. The first-order chi connectivity index (χ1) is 12.8. The summed E-state index contributed by atoms with van der Waals surface area (Å²) in [5, 5.41) is 3.51. The van der Waals surface area contributed by atoms with E-state index in [4.69, 9.17) is 11.6 Å². The zero-order valence-electron chi connectivity index (χ0n) is 15.9. The molecule has 0 fully saturated rings. The fourth-order valence-electron chi connectivity index (χ4n) is 3.15. The van der Waals surface area contributed by atoms with E-state index < -0.39 is 0 Å². The molecule has 138 valence electrons. The predicted molar refractivity (Wildman–Crippen MR) is 110 cm³/mol. The largest absolute Gasteiger partial charge is 0.321 e. The number of carbonyl (C=O) groups is 2. The average Bonchev–Trinajstić information content (AvgIpc) is 2.98. The molecule has 27 heavy (non-hydrogen) atoms. The monoisotopic (exact) mass is 379 g/mol. The maximum absolute atomic E-state index is 13.0. The predicted octanol–water partition coefficient (Wildman–Crippen LogP) is 5.19. The minimum atomic E-state index is -0.248. The fraction of sp³-hybridized carbons (Fsp3) is 0.217. The molecule has 0 atom stereocenters. The van der Waals surface area contributed by atoms with E-state index >= 15 is 0 Å². The van der Waals surface area contributed by atoms with E-state index in [1.165, 1.54) is 0 Å². The van der Waals surface area contributed by atoms with Gasteiger partial charge in [-0.1, -0.05) is 67.4 Å². The molecule has 1 heterocycles. The van der Waals surface area contributed by atoms with Crippen LogP contribution in [0.15, 0.2) is 59.7 Å². The summed E-state index contributed by atoms with van der Waals surface area (Å²) >= 11 is 5.99. The van der Waals surface area contributed by atoms with Crippen LogP contribution in [0, 0.1) is 12.8 Å². The highest BCUT2D eigenvalue weighted by Gasteiger charge is 2.35. The highest BCUT2D eigenvalue weighted by molar-refractivity contribution is 6.30. The van der Waals surface area contributed by atoms with Crippen LogP contribution in [0.1, 0.15) is 37.5 Å². The lowest BCUT2D eigenvalue weighted by Gasteiger charge is -2.12. The Morgan fingerprint density at radius 3 is 2.15 bits per heavy atom. The van der Waals surface area contributed by atoms with Crippen LogP contribution < -0.4 is 5.32 Å². The van der Waals surface area contributed by atoms with Gasteiger partial charge in [0, 0.05) is 10.9 Å². The van der Waals surface area contributed by atoms with Crippen LogP contribution in [0.3, 0.4) is 0 Å². The molecule has 0 aromatic heterocycles. The highest BCUT2D eigenvalue weighted by Crippen LogP contribution is 2.35. The lowest BCUT2D eigenvalue weighted by atomic mass is 9.89. The maximum Gasteiger partial charge on any atom is 0.256 e. The van der Waals surface area contributed by atoms with Crippen LogP contribution in [0.25, 0.3) is 11.3 Å². The summed E-state index contributed by atoms with van der Waals surface area (Å²) in [4.78, 5) is 25.9. The maximum atomic E-state index is 13.0. The van der Waals surface area contributed by atoms with Gasteiger partial charge in [-0.15, -0.1) is 0 Å². The second-order valence-corrected chi connectivity index (χ2v) is 7.53. The van der Waals surface area contributed by atoms with E-state index in [1.54, 1.807) is 12.1 Å². The Hall–Kier alpha value is -2.65. The number of benzene rings is 2. The minimum absolute atomic E-state index is 0.0558. The van der Waals surface area contributed by atoms with Crippen LogP contribution in [0.2, 0.25) is 5.02 Å². The summed E-state index contributed by atoms with van der Waals surface area (Å²) in [7, 11) is 0. The zero-order chi connectivity index (χ0) is 19.7. The van der Waals surface area contributed by atoms with E-state index in [0.29, 0.717) is 21.9 Å². The minimum Gasteiger partial charge on any atom is -0.321 e. The van der Waals surface area contributed by atoms with E-state index in [0.717, 1.165) is 22.3 Å². The second-order valence-electron chi connectivity index (χ2n) is 7.10. The Morgan fingerprint density at radius 1 is 1.00 bits per heavy atom. The van der Waals surface area contributed by atoms with Gasteiger partial charge >= 0.3 is 0 Å². The van der Waals surface area contributed by atoms with Gasteiger partial charge in [-0.05, 0) is 42.7 Å². The summed E-state index contributed by atoms with van der Waals surface area (Å²) in [6.45, 7) is 7.59. The molecule has 2 aromatic rings. The molecule has 3 rings (SSSR count). The van der Waals surface area contributed by atoms with Crippen molar-refractivity contribution in [3.63, 3.8) is 0 Å². The number of hydrogen-bond donors (Lipinski definition) is 1. The molecule has 0 spiro atoms. The van der Waals surface area contributed by atoms with Gasteiger partial charge in [0.1, 0.15) is 0 Å². The third-order valence-electron chi connectivity index (χ3n) is 4.73. The van der Waals surface area contributed by atoms with E-state index in [-0.39, 0.29) is 17.6 Å². The van der Waals surface area contributed by atoms with Crippen molar-refractivity contribution in [2.75, 3.05) is 0 Å². The molecule has 0 bridgehead atoms. The van der Waals surface area contributed by atoms with Crippen molar-refractivity contribution in [3.05, 3.63) is 81.4 Å². The third-order valence-corrected chi connectivity index (χ3v) is 4.98. The highest BCUT2D eigenvalue weighted by atomic mass is 35.5. The summed E-state index contributed by atoms with van der Waals surface area (Å²) in [5.41, 5.74) is 5.08. The Bertz CT molecular complexity index is 964. The summed E-state index contributed by atoms with van der Waals surface area (Å²) in [6, 6.07) is 15.1. The van der Waals surface area contributed by atoms with Crippen LogP contribution in [0.4, 0.5) is 0 Å². The number of aryl methyl sites for hydroxylation is 1. The number of amides is 1. The van der Waals surface area contributed by atoms with Gasteiger partial charge < -0.3 is 5.32 Å². The molecule has 0 saturated heterocycles. The number of nitrogens with one attached hydrogen (secondary N) is 1. The van der Waals surface area contributed by atoms with Gasteiger partial charge in [0.15, 0.2) is 5.78 Å². The summed E-state index contributed by atoms with van der Waals surface area (Å²) < 4.78 is 0. The van der Waals surface area contributed by atoms with Gasteiger partial charge in [-0.25, -0.2) is 0 Å². The number of allylic oxidation sites excluding steroid dienone is 1. The molecule has 3 nitrogen and oxygen atoms in total. The molecule has 1 aliphatic heterocycles. The topological polar surface area (TPSA) is 46.2 Å². The number of hydrogen-bond acceptors (Lipinski definition) is 2. The Kier molecular flexibility index (Phi) is 5.33. The van der Waals surface area contributed by atoms with Crippen molar-refractivity contribution in [2.45, 2.75) is 27.7 Å². The summed E-state index contributed by atoms with van der Waals surface area (Å²) in [5.74, 6) is -0.530. The quantitative estimate of drug-likeness (QED) is 0.743. The van der Waals surface area contributed by atoms with Crippen molar-refractivity contribution in [3.8, 4) is 0 Å². The van der Waals surface area contributed by atoms with Crippen molar-refractivity contribution in [2.24, 2.45) is 5.92 Å². The number of ketones is 1. The van der Waals surface area contributed by atoms with Gasteiger partial charge in [0.2, 0.25) is 0 Å². The normalized spacial score (nSPS) is 16.0. The Balaban J connectivity index is 2.24. The summed E-state index contributed by atoms with van der Waals surface area (Å²) in [6.07, 6.45) is 0. The van der Waals surface area contributed by atoms with Crippen LogP contribution in [-0.4, -0.2) is 11.7 Å². The van der Waals surface area contributed by atoms with Crippen LogP contribution >= 0.6 is 11.6 Å². The van der Waals surface area contributed by atoms with Gasteiger partial charge in [0.05, 0.1) is 16.8 Å². The molecule has 2 aromatic carbocycles. The number of rotatable bonds is 4. The molecule has 0 saturated carbocycles. The molecule has 0 unspecified atom stereocenters. The molecule has 0 aliphatic carbocycles. The Morgan fingerprint density at radius 2 is 1.59 bits per heavy atom. The van der Waals surface area contributed by atoms with Crippen molar-refractivity contribution >= 4 is 34.6 Å². The van der Waals surface area contributed by atoms with Crippen molar-refractivity contribution in [1.29, 1.82) is 0 Å². The molecule has 4 heteroatoms. The number of halogens is 1. The lowest BCUT2D eigenvalue weighted by Crippen LogP contribution is -2.17. The zero-order valence-corrected chi connectivity index (χ0v) is 16.6. The molecule has 1 N–H and O–H groups in total. The van der Waals surface area contributed by atoms with Crippen molar-refractivity contribution < 1.29 is 9.59 Å². The number of Topliss-reactive ketones (excluding diaryl/α,β-unsaturated/α-hetero) is 1. The average molecular weight is 380 g/mol. The van der Waals surface area contributed by atoms with Gasteiger partial charge in [0.25, 0.3) is 5.91 Å². The number of carbonyl (C=O) groups excluding carboxylic acids is 2. The van der Waals surface area contributed by atoms with E-state index in [2.05, 4.69) is 5.32 Å². The molecular weight excluding hydrogens is 358 g/mol. The van der Waals surface area contributed by atoms with E-state index in [1.807, 2.05) is 64.1 Å². The van der Waals surface area contributed by atoms with Gasteiger partial charge in [-0.3, -0.25) is 9.59 Å². The molecule has 1 amide bonds. The van der Waals surface area contributed by atoms with Crippen LogP contribution in [-0.2, 0) is 9.59 Å². The smallest absolute Gasteiger partial charge is 0.256 e. The first-order valence-electron chi connectivity index (χ1n) is 8.93. The van der Waals surface area contributed by atoms with Crippen molar-refractivity contribution in [1.82, 2.24) is 5.32 Å². The standard InChI is InChI=1S/C23H22ClNO2/c1-13(2)22(26)20-19(15(4)16-7-5-14(3)6-8-16)23(27)25-21(20)17-9-11-18(24)12-10-17/h5-13H,1-4H3,(H,25,27)/b19-15-. The molecule has 1 aliphatic rings. The van der Waals surface area contributed by atoms with E-state index in [9.17, 15) is 9.59 Å². The Labute approximate surface area is 164 Å². The first kappa shape index (κ1) is 19.1. The second kappa shape index (κ2) is 7.53. The first-order valence-corrected chi connectivity index (χ1v) is 9.31.